The molecule has 0 radical (unpaired) electrons. The van der Waals surface area contributed by atoms with Gasteiger partial charge in [-0.05, 0) is 0 Å². The van der Waals surface area contributed by atoms with Crippen LogP contribution in [0.1, 0.15) is 23.1 Å². The Balaban J connectivity index is 3.24. The van der Waals surface area contributed by atoms with Crippen molar-refractivity contribution in [1.29, 1.82) is 5.26 Å². The van der Waals surface area contributed by atoms with Crippen molar-refractivity contribution < 1.29 is 4.79 Å². The highest BCUT2D eigenvalue weighted by molar-refractivity contribution is 5.97. The van der Waals surface area contributed by atoms with Crippen molar-refractivity contribution in [3.05, 3.63) is 11.4 Å². The predicted molar refractivity (Wildman–Crippen MR) is 37.7 cm³/mol. The maximum absolute atomic E-state index is 10.7. The molecule has 0 spiro atoms. The third kappa shape index (κ3) is 1.05. The minimum absolute atomic E-state index is 0.0650. The van der Waals surface area contributed by atoms with Crippen LogP contribution in [-0.4, -0.2) is 16.0 Å². The molecule has 1 heterocycles. The van der Waals surface area contributed by atoms with Crippen LogP contribution >= 0.6 is 0 Å². The fourth-order valence-electron chi connectivity index (χ4n) is 0.704. The van der Waals surface area contributed by atoms with Crippen molar-refractivity contribution in [3.8, 4) is 6.07 Å². The Kier molecular flexibility index (Phi) is 1.60. The van der Waals surface area contributed by atoms with Crippen LogP contribution in [0.3, 0.4) is 0 Å². The van der Waals surface area contributed by atoms with Crippen LogP contribution in [-0.2, 0) is 0 Å². The lowest BCUT2D eigenvalue weighted by Crippen LogP contribution is -1.98. The molecule has 3 N–H and O–H groups in total. The second kappa shape index (κ2) is 2.42. The van der Waals surface area contributed by atoms with Gasteiger partial charge in [0, 0.05) is 6.92 Å². The van der Waals surface area contributed by atoms with Crippen LogP contribution in [0.2, 0.25) is 0 Å². The molecule has 0 fully saturated rings. The lowest BCUT2D eigenvalue weighted by Gasteiger charge is -1.88. The minimum Gasteiger partial charge on any atom is -0.394 e. The van der Waals surface area contributed by atoms with Crippen LogP contribution < -0.4 is 5.73 Å². The Morgan fingerprint density at radius 2 is 2.45 bits per heavy atom. The van der Waals surface area contributed by atoms with Crippen molar-refractivity contribution >= 4 is 11.5 Å². The van der Waals surface area contributed by atoms with E-state index in [1.807, 2.05) is 0 Å². The maximum Gasteiger partial charge on any atom is 0.185 e. The number of carbonyl (C=O) groups excluding carboxylic acids is 1. The fourth-order valence-corrected chi connectivity index (χ4v) is 0.704. The molecule has 0 saturated heterocycles. The average molecular weight is 150 g/mol. The van der Waals surface area contributed by atoms with E-state index in [-0.39, 0.29) is 22.9 Å². The van der Waals surface area contributed by atoms with Crippen LogP contribution in [0, 0.1) is 11.3 Å². The van der Waals surface area contributed by atoms with E-state index >= 15 is 0 Å². The van der Waals surface area contributed by atoms with Crippen molar-refractivity contribution in [2.45, 2.75) is 6.92 Å². The number of carbonyl (C=O) groups is 1. The first-order valence-corrected chi connectivity index (χ1v) is 2.91. The number of nitrogens with two attached hydrogens (primary N) is 1. The second-order valence-corrected chi connectivity index (χ2v) is 2.03. The van der Waals surface area contributed by atoms with Gasteiger partial charge in [-0.15, -0.1) is 0 Å². The summed E-state index contributed by atoms with van der Waals surface area (Å²) < 4.78 is 0. The van der Waals surface area contributed by atoms with Gasteiger partial charge in [0.25, 0.3) is 0 Å². The molecule has 0 amide bonds. The second-order valence-electron chi connectivity index (χ2n) is 2.03. The fraction of sp³-hybridized carbons (Fsp3) is 0.167. The Morgan fingerprint density at radius 1 is 1.82 bits per heavy atom. The smallest absolute Gasteiger partial charge is 0.185 e. The number of aromatic nitrogens is 2. The number of hydrogen-bond donors (Lipinski definition) is 2. The van der Waals surface area contributed by atoms with Gasteiger partial charge in [-0.2, -0.15) is 10.4 Å². The number of Topliss-reactive ketones (excluding diaryl/α,β-unsaturated/α-hetero) is 1. The molecule has 5 nitrogen and oxygen atoms in total. The summed E-state index contributed by atoms with van der Waals surface area (Å²) in [5.41, 5.74) is 5.76. The topological polar surface area (TPSA) is 95.6 Å². The van der Waals surface area contributed by atoms with Gasteiger partial charge >= 0.3 is 0 Å². The molecule has 0 atom stereocenters. The van der Waals surface area contributed by atoms with Gasteiger partial charge < -0.3 is 5.73 Å². The van der Waals surface area contributed by atoms with Crippen molar-refractivity contribution in [2.24, 2.45) is 0 Å². The van der Waals surface area contributed by atoms with Gasteiger partial charge in [0.15, 0.2) is 11.5 Å². The number of nitrogens with one attached hydrogen (secondary N) is 1. The zero-order chi connectivity index (χ0) is 8.43. The molecule has 0 aliphatic rings. The van der Waals surface area contributed by atoms with E-state index in [1.54, 1.807) is 6.07 Å². The van der Waals surface area contributed by atoms with E-state index in [4.69, 9.17) is 11.0 Å². The van der Waals surface area contributed by atoms with E-state index in [2.05, 4.69) is 10.2 Å². The minimum atomic E-state index is -0.225. The summed E-state index contributed by atoms with van der Waals surface area (Å²) in [5.74, 6) is -0.225. The number of nitriles is 1. The van der Waals surface area contributed by atoms with Crippen molar-refractivity contribution in [1.82, 2.24) is 10.2 Å². The molecule has 0 aromatic carbocycles. The highest BCUT2D eigenvalue weighted by Gasteiger charge is 2.11. The van der Waals surface area contributed by atoms with E-state index in [0.29, 0.717) is 0 Å². The number of nitrogens with zero attached hydrogens (tertiary/aromatic N) is 2. The SMILES string of the molecule is CC(=O)c1[nH]nc(C#N)c1N. The summed E-state index contributed by atoms with van der Waals surface area (Å²) >= 11 is 0. The van der Waals surface area contributed by atoms with Crippen molar-refractivity contribution in [3.63, 3.8) is 0 Å². The van der Waals surface area contributed by atoms with Gasteiger partial charge in [0.1, 0.15) is 11.8 Å². The number of anilines is 1. The molecule has 0 saturated carbocycles. The zero-order valence-corrected chi connectivity index (χ0v) is 5.88. The van der Waals surface area contributed by atoms with E-state index in [0.717, 1.165) is 0 Å². The van der Waals surface area contributed by atoms with Crippen molar-refractivity contribution in [2.75, 3.05) is 5.73 Å². The molecule has 0 aliphatic heterocycles. The van der Waals surface area contributed by atoms with E-state index < -0.39 is 0 Å². The third-order valence-electron chi connectivity index (χ3n) is 1.26. The quantitative estimate of drug-likeness (QED) is 0.553. The Labute approximate surface area is 62.8 Å². The summed E-state index contributed by atoms with van der Waals surface area (Å²) in [5, 5.41) is 14.3. The molecular weight excluding hydrogens is 144 g/mol. The summed E-state index contributed by atoms with van der Waals surface area (Å²) in [4.78, 5) is 10.7. The highest BCUT2D eigenvalue weighted by atomic mass is 16.1. The third-order valence-corrected chi connectivity index (χ3v) is 1.26. The number of rotatable bonds is 1. The summed E-state index contributed by atoms with van der Waals surface area (Å²) in [7, 11) is 0. The number of ketones is 1. The summed E-state index contributed by atoms with van der Waals surface area (Å²) in [6, 6.07) is 1.75. The predicted octanol–water partition coefficient (Wildman–Crippen LogP) is 0.0662. The first-order valence-electron chi connectivity index (χ1n) is 2.91. The molecule has 5 heteroatoms. The Hall–Kier alpha value is -1.83. The zero-order valence-electron chi connectivity index (χ0n) is 5.88. The number of H-pyrrole nitrogens is 1. The molecular formula is C6H6N4O. The average Bonchev–Trinajstić information content (AvgIpc) is 2.30. The van der Waals surface area contributed by atoms with Crippen LogP contribution in [0.15, 0.2) is 0 Å². The van der Waals surface area contributed by atoms with Crippen LogP contribution in [0.5, 0.6) is 0 Å². The normalized spacial score (nSPS) is 9.09. The van der Waals surface area contributed by atoms with E-state index in [1.165, 1.54) is 6.92 Å². The Bertz CT molecular complexity index is 333. The summed E-state index contributed by atoms with van der Waals surface area (Å²) in [6.45, 7) is 1.35. The number of nitrogen functional groups attached to an aromatic ring is 1. The van der Waals surface area contributed by atoms with E-state index in [9.17, 15) is 4.79 Å². The van der Waals surface area contributed by atoms with Crippen LogP contribution in [0.4, 0.5) is 5.69 Å². The molecule has 1 aromatic heterocycles. The van der Waals surface area contributed by atoms with Gasteiger partial charge in [-0.25, -0.2) is 0 Å². The molecule has 1 aromatic rings. The van der Waals surface area contributed by atoms with Gasteiger partial charge in [-0.3, -0.25) is 9.89 Å². The van der Waals surface area contributed by atoms with Gasteiger partial charge in [0.2, 0.25) is 0 Å². The maximum atomic E-state index is 10.7. The highest BCUT2D eigenvalue weighted by Crippen LogP contribution is 2.12. The first kappa shape index (κ1) is 7.28. The Morgan fingerprint density at radius 3 is 2.73 bits per heavy atom. The lowest BCUT2D eigenvalue weighted by molar-refractivity contribution is 0.101. The van der Waals surface area contributed by atoms with Crippen LogP contribution in [0.25, 0.3) is 0 Å². The standard InChI is InChI=1S/C6H6N4O/c1-3(11)6-5(8)4(2-7)9-10-6/h8H2,1H3,(H,9,10). The summed E-state index contributed by atoms with van der Waals surface area (Å²) in [6.07, 6.45) is 0. The number of aromatic amines is 1. The lowest BCUT2D eigenvalue weighted by atomic mass is 10.2. The molecule has 1 rings (SSSR count). The molecule has 0 aliphatic carbocycles. The van der Waals surface area contributed by atoms with Gasteiger partial charge in [-0.1, -0.05) is 0 Å². The molecule has 0 unspecified atom stereocenters. The number of hydrogen-bond acceptors (Lipinski definition) is 4. The monoisotopic (exact) mass is 150 g/mol. The molecule has 0 bridgehead atoms. The molecule has 56 valence electrons. The van der Waals surface area contributed by atoms with Gasteiger partial charge in [0.05, 0.1) is 5.69 Å². The first-order chi connectivity index (χ1) is 5.16. The largest absolute Gasteiger partial charge is 0.394 e. The molecule has 11 heavy (non-hydrogen) atoms.